The molecule has 11 atom stereocenters. The van der Waals surface area contributed by atoms with Crippen molar-refractivity contribution in [3.63, 3.8) is 0 Å². The summed E-state index contributed by atoms with van der Waals surface area (Å²) in [5, 5.41) is 68.0. The van der Waals surface area contributed by atoms with Crippen molar-refractivity contribution in [2.24, 2.45) is 0 Å². The zero-order valence-corrected chi connectivity index (χ0v) is 15.2. The van der Waals surface area contributed by atoms with Crippen LogP contribution in [0, 0.1) is 0 Å². The highest BCUT2D eigenvalue weighted by molar-refractivity contribution is 9.09. The van der Waals surface area contributed by atoms with Crippen LogP contribution in [0.25, 0.3) is 0 Å². The Bertz CT molecular complexity index is 457. The standard InChI is InChI=1S/C14H25BrO11/c15-1-2-23-13-11(22)9(20)12(6(4-17)25-13)26-14-10(21)8(19)7(18)5(3-16)24-14/h5-14,16-22H,1-4H2/t5-,6-,7+,8+,9-,10-,11-,12+,13?,14-/m1/s1/i1D/t1?,5-,6-,7+,8+,9-,10-,11-,12+,13?,14-. The molecular formula is C14H25BrO11. The number of aliphatic hydroxyl groups excluding tert-OH is 7. The van der Waals surface area contributed by atoms with Gasteiger partial charge in [-0.1, -0.05) is 15.9 Å². The lowest BCUT2D eigenvalue weighted by molar-refractivity contribution is -0.359. The maximum absolute atomic E-state index is 10.3. The van der Waals surface area contributed by atoms with E-state index in [9.17, 15) is 35.7 Å². The fraction of sp³-hybridized carbons (Fsp3) is 1.00. The van der Waals surface area contributed by atoms with Crippen LogP contribution in [0.15, 0.2) is 0 Å². The summed E-state index contributed by atoms with van der Waals surface area (Å²) < 4.78 is 28.4. The van der Waals surface area contributed by atoms with Gasteiger partial charge in [0, 0.05) is 6.68 Å². The van der Waals surface area contributed by atoms with Crippen LogP contribution in [0.4, 0.5) is 0 Å². The number of hydrogen-bond acceptors (Lipinski definition) is 11. The van der Waals surface area contributed by atoms with Crippen LogP contribution in [0.5, 0.6) is 0 Å². The van der Waals surface area contributed by atoms with E-state index in [0.29, 0.717) is 0 Å². The maximum atomic E-state index is 10.3. The minimum absolute atomic E-state index is 0.162. The van der Waals surface area contributed by atoms with Crippen molar-refractivity contribution >= 4 is 15.9 Å². The summed E-state index contributed by atoms with van der Waals surface area (Å²) in [6, 6.07) is 0. The minimum Gasteiger partial charge on any atom is -0.394 e. The first-order valence-electron chi connectivity index (χ1n) is 8.55. The molecule has 0 amide bonds. The molecule has 0 saturated carbocycles. The number of alkyl halides is 1. The third kappa shape index (κ3) is 4.71. The number of hydrogen-bond donors (Lipinski definition) is 7. The summed E-state index contributed by atoms with van der Waals surface area (Å²) in [7, 11) is 0. The fourth-order valence-electron chi connectivity index (χ4n) is 2.82. The Morgan fingerprint density at radius 2 is 1.38 bits per heavy atom. The van der Waals surface area contributed by atoms with E-state index in [2.05, 4.69) is 15.9 Å². The lowest BCUT2D eigenvalue weighted by Gasteiger charge is -2.45. The van der Waals surface area contributed by atoms with Crippen LogP contribution in [-0.2, 0) is 18.9 Å². The van der Waals surface area contributed by atoms with Gasteiger partial charge in [0.15, 0.2) is 12.6 Å². The highest BCUT2D eigenvalue weighted by Gasteiger charge is 2.50. The van der Waals surface area contributed by atoms with Crippen LogP contribution >= 0.6 is 15.9 Å². The van der Waals surface area contributed by atoms with Gasteiger partial charge in [0.2, 0.25) is 0 Å². The van der Waals surface area contributed by atoms with E-state index in [4.69, 9.17) is 20.3 Å². The van der Waals surface area contributed by atoms with Crippen molar-refractivity contribution in [2.75, 3.05) is 25.1 Å². The summed E-state index contributed by atoms with van der Waals surface area (Å²) in [5.41, 5.74) is 0. The second-order valence-electron chi connectivity index (χ2n) is 5.99. The molecule has 2 unspecified atom stereocenters. The molecule has 2 aliphatic rings. The van der Waals surface area contributed by atoms with Crippen LogP contribution in [-0.4, -0.2) is 122 Å². The predicted molar refractivity (Wildman–Crippen MR) is 86.1 cm³/mol. The molecule has 0 aromatic carbocycles. The summed E-state index contributed by atoms with van der Waals surface area (Å²) in [6.07, 6.45) is -15.0. The molecule has 0 aromatic heterocycles. The largest absolute Gasteiger partial charge is 0.394 e. The first kappa shape index (κ1) is 20.8. The fourth-order valence-corrected chi connectivity index (χ4v) is 2.98. The van der Waals surface area contributed by atoms with Gasteiger partial charge in [-0.05, 0) is 0 Å². The Morgan fingerprint density at radius 3 is 1.96 bits per heavy atom. The summed E-state index contributed by atoms with van der Waals surface area (Å²) in [6.45, 7) is -1.48. The van der Waals surface area contributed by atoms with E-state index in [1.165, 1.54) is 0 Å². The number of halogens is 1. The Kier molecular flexibility index (Phi) is 7.99. The molecule has 0 radical (unpaired) electrons. The summed E-state index contributed by atoms with van der Waals surface area (Å²) >= 11 is 2.93. The van der Waals surface area contributed by atoms with Gasteiger partial charge >= 0.3 is 0 Å². The molecule has 2 aliphatic heterocycles. The number of aliphatic hydroxyl groups is 7. The van der Waals surface area contributed by atoms with Crippen LogP contribution in [0.3, 0.4) is 0 Å². The van der Waals surface area contributed by atoms with Crippen molar-refractivity contribution < 1.29 is 56.1 Å². The Labute approximate surface area is 159 Å². The van der Waals surface area contributed by atoms with Crippen LogP contribution in [0.2, 0.25) is 0 Å². The Balaban J connectivity index is 2.08. The van der Waals surface area contributed by atoms with Gasteiger partial charge in [0.25, 0.3) is 0 Å². The van der Waals surface area contributed by atoms with E-state index in [0.717, 1.165) is 0 Å². The van der Waals surface area contributed by atoms with E-state index in [1.807, 2.05) is 0 Å². The van der Waals surface area contributed by atoms with Gasteiger partial charge in [-0.15, -0.1) is 0 Å². The van der Waals surface area contributed by atoms with Gasteiger partial charge in [-0.3, -0.25) is 0 Å². The van der Waals surface area contributed by atoms with Gasteiger partial charge in [0.1, 0.15) is 48.8 Å². The molecule has 7 N–H and O–H groups in total. The van der Waals surface area contributed by atoms with Gasteiger partial charge < -0.3 is 54.7 Å². The average molecular weight is 450 g/mol. The van der Waals surface area contributed by atoms with Gasteiger partial charge in [-0.25, -0.2) is 0 Å². The molecule has 2 rings (SSSR count). The Morgan fingerprint density at radius 1 is 0.808 bits per heavy atom. The van der Waals surface area contributed by atoms with Crippen LogP contribution < -0.4 is 0 Å². The lowest BCUT2D eigenvalue weighted by atomic mass is 9.97. The molecule has 0 spiro atoms. The van der Waals surface area contributed by atoms with Crippen molar-refractivity contribution in [1.29, 1.82) is 0 Å². The van der Waals surface area contributed by atoms with Gasteiger partial charge in [-0.2, -0.15) is 0 Å². The Hall–Kier alpha value is 0.0400. The van der Waals surface area contributed by atoms with E-state index < -0.39 is 79.9 Å². The van der Waals surface area contributed by atoms with E-state index in [1.54, 1.807) is 0 Å². The van der Waals surface area contributed by atoms with Crippen molar-refractivity contribution in [1.82, 2.24) is 0 Å². The van der Waals surface area contributed by atoms with Crippen LogP contribution in [0.1, 0.15) is 1.37 Å². The third-order valence-electron chi connectivity index (χ3n) is 4.28. The number of ether oxygens (including phenoxy) is 4. The second-order valence-corrected chi connectivity index (χ2v) is 6.64. The average Bonchev–Trinajstić information content (AvgIpc) is 2.64. The smallest absolute Gasteiger partial charge is 0.187 e. The molecule has 0 bridgehead atoms. The summed E-state index contributed by atoms with van der Waals surface area (Å²) in [4.78, 5) is 0. The number of rotatable bonds is 7. The lowest BCUT2D eigenvalue weighted by Crippen LogP contribution is -2.64. The third-order valence-corrected chi connectivity index (χ3v) is 4.55. The second kappa shape index (κ2) is 10.0. The minimum atomic E-state index is -1.72. The highest BCUT2D eigenvalue weighted by Crippen LogP contribution is 2.29. The molecule has 2 heterocycles. The van der Waals surface area contributed by atoms with Crippen molar-refractivity contribution in [3.8, 4) is 0 Å². The predicted octanol–water partition coefficient (Wildman–Crippen LogP) is -3.98. The SMILES string of the molecule is [2H]C(Br)COC1O[C@H](CO)[C@H](O[C@H]2O[C@H](CO)[C@H](O)[C@H](O)[C@H]2O)[C@H](O)[C@H]1O. The summed E-state index contributed by atoms with van der Waals surface area (Å²) in [5.74, 6) is 0. The van der Waals surface area contributed by atoms with Crippen molar-refractivity contribution in [2.45, 2.75) is 61.4 Å². The molecule has 154 valence electrons. The normalized spacial score (nSPS) is 48.8. The van der Waals surface area contributed by atoms with E-state index >= 15 is 0 Å². The molecule has 2 fully saturated rings. The topological polar surface area (TPSA) is 179 Å². The first-order valence-corrected chi connectivity index (χ1v) is 8.89. The zero-order valence-electron chi connectivity index (χ0n) is 14.6. The van der Waals surface area contributed by atoms with E-state index in [-0.39, 0.29) is 6.61 Å². The molecule has 0 aliphatic carbocycles. The molecule has 2 saturated heterocycles. The molecule has 12 heteroatoms. The first-order chi connectivity index (χ1) is 12.7. The maximum Gasteiger partial charge on any atom is 0.187 e. The quantitative estimate of drug-likeness (QED) is 0.188. The van der Waals surface area contributed by atoms with Crippen molar-refractivity contribution in [3.05, 3.63) is 0 Å². The molecule has 0 aromatic rings. The molecule has 26 heavy (non-hydrogen) atoms. The molecular weight excluding hydrogens is 424 g/mol. The zero-order chi connectivity index (χ0) is 20.3. The monoisotopic (exact) mass is 449 g/mol. The molecule has 11 nitrogen and oxygen atoms in total. The van der Waals surface area contributed by atoms with Gasteiger partial charge in [0.05, 0.1) is 19.8 Å². The highest BCUT2D eigenvalue weighted by atomic mass is 79.9.